The van der Waals surface area contributed by atoms with E-state index in [1.54, 1.807) is 42.5 Å². The molecule has 3 rings (SSSR count). The molecular weight excluding hydrogens is 354 g/mol. The standard InChI is InChI=1S/C19H17NO5S/c1-23-14-11-16(25-3)15(24-2)9-12(14)10-17-18(21)20(19(22)26-17)13-7-5-4-6-8-13/h4-11H,1-3H3. The fourth-order valence-corrected chi connectivity index (χ4v) is 3.41. The second-order valence-electron chi connectivity index (χ2n) is 5.30. The zero-order valence-electron chi connectivity index (χ0n) is 14.5. The zero-order chi connectivity index (χ0) is 18.7. The van der Waals surface area contributed by atoms with E-state index in [0.29, 0.717) is 33.4 Å². The van der Waals surface area contributed by atoms with Crippen molar-refractivity contribution < 1.29 is 23.8 Å². The first-order chi connectivity index (χ1) is 12.6. The summed E-state index contributed by atoms with van der Waals surface area (Å²) in [6.07, 6.45) is 1.62. The Morgan fingerprint density at radius 3 is 2.12 bits per heavy atom. The van der Waals surface area contributed by atoms with E-state index in [4.69, 9.17) is 14.2 Å². The average Bonchev–Trinajstić information content (AvgIpc) is 2.95. The quantitative estimate of drug-likeness (QED) is 0.742. The lowest BCUT2D eigenvalue weighted by Crippen LogP contribution is -2.27. The van der Waals surface area contributed by atoms with Gasteiger partial charge in [-0.3, -0.25) is 9.59 Å². The van der Waals surface area contributed by atoms with E-state index in [0.717, 1.165) is 16.7 Å². The van der Waals surface area contributed by atoms with Crippen molar-refractivity contribution in [3.05, 3.63) is 52.9 Å². The number of ether oxygens (including phenoxy) is 3. The maximum atomic E-state index is 12.7. The molecule has 2 aromatic rings. The van der Waals surface area contributed by atoms with Gasteiger partial charge in [-0.05, 0) is 36.0 Å². The number of imide groups is 1. The second-order valence-corrected chi connectivity index (χ2v) is 6.30. The summed E-state index contributed by atoms with van der Waals surface area (Å²) in [5, 5.41) is -0.341. The Hall–Kier alpha value is -2.93. The number of carbonyl (C=O) groups excluding carboxylic acids is 2. The van der Waals surface area contributed by atoms with E-state index in [-0.39, 0.29) is 11.1 Å². The maximum absolute atomic E-state index is 12.7. The molecule has 0 spiro atoms. The third-order valence-electron chi connectivity index (χ3n) is 3.83. The van der Waals surface area contributed by atoms with Gasteiger partial charge in [0, 0.05) is 11.6 Å². The molecule has 2 aromatic carbocycles. The highest BCUT2D eigenvalue weighted by Gasteiger charge is 2.36. The predicted octanol–water partition coefficient (Wildman–Crippen LogP) is 3.95. The van der Waals surface area contributed by atoms with Crippen LogP contribution in [0.3, 0.4) is 0 Å². The normalized spacial score (nSPS) is 15.5. The summed E-state index contributed by atoms with van der Waals surface area (Å²) in [6.45, 7) is 0. The summed E-state index contributed by atoms with van der Waals surface area (Å²) < 4.78 is 15.9. The van der Waals surface area contributed by atoms with Crippen LogP contribution in [0.15, 0.2) is 47.4 Å². The lowest BCUT2D eigenvalue weighted by atomic mass is 10.1. The summed E-state index contributed by atoms with van der Waals surface area (Å²) in [7, 11) is 4.58. The van der Waals surface area contributed by atoms with E-state index in [9.17, 15) is 9.59 Å². The summed E-state index contributed by atoms with van der Waals surface area (Å²) in [4.78, 5) is 26.5. The summed E-state index contributed by atoms with van der Waals surface area (Å²) in [6, 6.07) is 12.2. The first kappa shape index (κ1) is 17.9. The summed E-state index contributed by atoms with van der Waals surface area (Å²) in [5.74, 6) is 1.15. The number of nitrogens with zero attached hydrogens (tertiary/aromatic N) is 1. The number of para-hydroxylation sites is 1. The first-order valence-electron chi connectivity index (χ1n) is 7.72. The molecular formula is C19H17NO5S. The highest BCUT2D eigenvalue weighted by atomic mass is 32.2. The van der Waals surface area contributed by atoms with Gasteiger partial charge in [0.15, 0.2) is 11.5 Å². The van der Waals surface area contributed by atoms with Gasteiger partial charge in [0.05, 0.1) is 31.9 Å². The fraction of sp³-hybridized carbons (Fsp3) is 0.158. The minimum atomic E-state index is -0.372. The van der Waals surface area contributed by atoms with Gasteiger partial charge in [-0.25, -0.2) is 4.90 Å². The molecule has 0 aromatic heterocycles. The number of hydrogen-bond acceptors (Lipinski definition) is 6. The van der Waals surface area contributed by atoms with E-state index in [1.165, 1.54) is 21.3 Å². The van der Waals surface area contributed by atoms with Crippen LogP contribution in [0.5, 0.6) is 17.2 Å². The number of amides is 2. The Bertz CT molecular complexity index is 879. The third kappa shape index (κ3) is 3.25. The first-order valence-corrected chi connectivity index (χ1v) is 8.53. The molecule has 0 saturated carbocycles. The third-order valence-corrected chi connectivity index (χ3v) is 4.70. The number of anilines is 1. The van der Waals surface area contributed by atoms with Gasteiger partial charge in [0.1, 0.15) is 5.75 Å². The van der Waals surface area contributed by atoms with Crippen LogP contribution in [0, 0.1) is 0 Å². The van der Waals surface area contributed by atoms with Crippen LogP contribution in [0.4, 0.5) is 10.5 Å². The van der Waals surface area contributed by atoms with Crippen LogP contribution in [-0.4, -0.2) is 32.5 Å². The molecule has 1 aliphatic heterocycles. The Balaban J connectivity index is 2.01. The zero-order valence-corrected chi connectivity index (χ0v) is 15.3. The molecule has 1 saturated heterocycles. The van der Waals surface area contributed by atoms with Crippen molar-refractivity contribution in [3.8, 4) is 17.2 Å². The number of methoxy groups -OCH3 is 3. The molecule has 0 N–H and O–H groups in total. The molecule has 0 unspecified atom stereocenters. The van der Waals surface area contributed by atoms with Gasteiger partial charge in [-0.15, -0.1) is 0 Å². The lowest BCUT2D eigenvalue weighted by molar-refractivity contribution is -0.113. The number of thioether (sulfide) groups is 1. The Kier molecular flexibility index (Phi) is 5.18. The molecule has 0 bridgehead atoms. The smallest absolute Gasteiger partial charge is 0.298 e. The number of rotatable bonds is 5. The van der Waals surface area contributed by atoms with Gasteiger partial charge < -0.3 is 14.2 Å². The predicted molar refractivity (Wildman–Crippen MR) is 101 cm³/mol. The Labute approximate surface area is 155 Å². The molecule has 2 amide bonds. The maximum Gasteiger partial charge on any atom is 0.298 e. The van der Waals surface area contributed by atoms with E-state index < -0.39 is 0 Å². The number of hydrogen-bond donors (Lipinski definition) is 0. The van der Waals surface area contributed by atoms with Gasteiger partial charge in [0.2, 0.25) is 0 Å². The average molecular weight is 371 g/mol. The molecule has 0 radical (unpaired) electrons. The van der Waals surface area contributed by atoms with Crippen LogP contribution in [-0.2, 0) is 4.79 Å². The van der Waals surface area contributed by atoms with Crippen molar-refractivity contribution >= 4 is 34.7 Å². The van der Waals surface area contributed by atoms with Crippen LogP contribution in [0.2, 0.25) is 0 Å². The van der Waals surface area contributed by atoms with Crippen molar-refractivity contribution in [3.63, 3.8) is 0 Å². The van der Waals surface area contributed by atoms with Crippen LogP contribution in [0.1, 0.15) is 5.56 Å². The molecule has 1 heterocycles. The van der Waals surface area contributed by atoms with Crippen LogP contribution >= 0.6 is 11.8 Å². The van der Waals surface area contributed by atoms with Crippen molar-refractivity contribution in [2.75, 3.05) is 26.2 Å². The topological polar surface area (TPSA) is 65.1 Å². The van der Waals surface area contributed by atoms with E-state index in [2.05, 4.69) is 0 Å². The molecule has 0 atom stereocenters. The monoisotopic (exact) mass is 371 g/mol. The minimum Gasteiger partial charge on any atom is -0.496 e. The van der Waals surface area contributed by atoms with Crippen molar-refractivity contribution in [2.45, 2.75) is 0 Å². The van der Waals surface area contributed by atoms with Crippen molar-refractivity contribution in [1.82, 2.24) is 0 Å². The molecule has 26 heavy (non-hydrogen) atoms. The summed E-state index contributed by atoms with van der Waals surface area (Å²) >= 11 is 0.885. The molecule has 1 fully saturated rings. The lowest BCUT2D eigenvalue weighted by Gasteiger charge is -2.13. The molecule has 6 nitrogen and oxygen atoms in total. The van der Waals surface area contributed by atoms with Gasteiger partial charge in [-0.2, -0.15) is 0 Å². The largest absolute Gasteiger partial charge is 0.496 e. The van der Waals surface area contributed by atoms with Crippen LogP contribution < -0.4 is 19.1 Å². The van der Waals surface area contributed by atoms with E-state index >= 15 is 0 Å². The second kappa shape index (κ2) is 7.53. The summed E-state index contributed by atoms with van der Waals surface area (Å²) in [5.41, 5.74) is 1.15. The Morgan fingerprint density at radius 2 is 1.50 bits per heavy atom. The molecule has 1 aliphatic rings. The van der Waals surface area contributed by atoms with Crippen molar-refractivity contribution in [1.29, 1.82) is 0 Å². The van der Waals surface area contributed by atoms with E-state index in [1.807, 2.05) is 6.07 Å². The number of benzene rings is 2. The fourth-order valence-electron chi connectivity index (χ4n) is 2.57. The van der Waals surface area contributed by atoms with Gasteiger partial charge >= 0.3 is 0 Å². The SMILES string of the molecule is COc1cc(OC)c(OC)cc1C=C1SC(=O)N(c2ccccc2)C1=O. The van der Waals surface area contributed by atoms with Gasteiger partial charge in [-0.1, -0.05) is 18.2 Å². The Morgan fingerprint density at radius 1 is 0.885 bits per heavy atom. The molecule has 0 aliphatic carbocycles. The van der Waals surface area contributed by atoms with Crippen molar-refractivity contribution in [2.24, 2.45) is 0 Å². The highest BCUT2D eigenvalue weighted by molar-refractivity contribution is 8.19. The highest BCUT2D eigenvalue weighted by Crippen LogP contribution is 2.40. The van der Waals surface area contributed by atoms with Gasteiger partial charge in [0.25, 0.3) is 11.1 Å². The number of carbonyl (C=O) groups is 2. The van der Waals surface area contributed by atoms with Crippen LogP contribution in [0.25, 0.3) is 6.08 Å². The minimum absolute atomic E-state index is 0.310. The molecule has 134 valence electrons. The molecule has 7 heteroatoms.